The topological polar surface area (TPSA) is 174 Å². The lowest BCUT2D eigenvalue weighted by Gasteiger charge is -2.74. The number of carbonyl (C=O) groups excluding carboxylic acids is 2. The van der Waals surface area contributed by atoms with Gasteiger partial charge < -0.3 is 30.2 Å². The van der Waals surface area contributed by atoms with Gasteiger partial charge in [-0.3, -0.25) is 14.5 Å². The zero-order chi connectivity index (χ0) is 33.6. The molecule has 0 unspecified atom stereocenters. The van der Waals surface area contributed by atoms with Gasteiger partial charge in [0.25, 0.3) is 21.7 Å². The van der Waals surface area contributed by atoms with E-state index in [4.69, 9.17) is 14.2 Å². The van der Waals surface area contributed by atoms with E-state index in [1.54, 1.807) is 0 Å². The summed E-state index contributed by atoms with van der Waals surface area (Å²) in [6.07, 6.45) is 5.03. The summed E-state index contributed by atoms with van der Waals surface area (Å²) in [5.74, 6) is -1.44. The molecular weight excluding hydrogens is 647 g/mol. The number of rotatable bonds is 10. The Kier molecular flexibility index (Phi) is 8.21. The summed E-state index contributed by atoms with van der Waals surface area (Å²) in [4.78, 5) is 41.0. The highest BCUT2D eigenvalue weighted by Crippen LogP contribution is 2.65. The fourth-order valence-corrected chi connectivity index (χ4v) is 7.22. The fourth-order valence-electron chi connectivity index (χ4n) is 6.41. The van der Waals surface area contributed by atoms with Crippen LogP contribution in [0.3, 0.4) is 0 Å². The maximum atomic E-state index is 13.8. The van der Waals surface area contributed by atoms with E-state index in [1.165, 1.54) is 32.7 Å². The van der Waals surface area contributed by atoms with Crippen molar-refractivity contribution in [1.29, 1.82) is 0 Å². The number of benzene rings is 1. The third-order valence-electron chi connectivity index (χ3n) is 8.59. The Labute approximate surface area is 266 Å². The first kappa shape index (κ1) is 32.4. The number of ether oxygens (including phenoxy) is 3. The molecule has 3 aliphatic carbocycles. The molecule has 18 heteroatoms. The number of hydrogen-bond donors (Lipinski definition) is 3. The average molecular weight is 678 g/mol. The van der Waals surface area contributed by atoms with Crippen LogP contribution in [0.4, 0.5) is 30.4 Å². The summed E-state index contributed by atoms with van der Waals surface area (Å²) in [5.41, 5.74) is -6.24. The molecule has 3 aromatic rings. The van der Waals surface area contributed by atoms with Crippen LogP contribution in [-0.2, 0) is 14.6 Å². The van der Waals surface area contributed by atoms with E-state index in [0.717, 1.165) is 50.7 Å². The van der Waals surface area contributed by atoms with Gasteiger partial charge in [-0.25, -0.2) is 23.4 Å². The molecule has 1 aliphatic heterocycles. The molecule has 4 aliphatic rings. The fraction of sp³-hybridized carbons (Fsp3) is 0.414. The van der Waals surface area contributed by atoms with E-state index in [1.807, 2.05) is 0 Å². The van der Waals surface area contributed by atoms with Gasteiger partial charge in [0.2, 0.25) is 11.8 Å². The molecule has 2 bridgehead atoms. The number of alkyl halides is 3. The van der Waals surface area contributed by atoms with Crippen molar-refractivity contribution in [3.8, 4) is 11.8 Å². The zero-order valence-corrected chi connectivity index (χ0v) is 26.0. The number of carbonyl (C=O) groups is 2. The molecule has 7 rings (SSSR count). The number of sulfone groups is 1. The molecule has 4 fully saturated rings. The maximum absolute atomic E-state index is 13.8. The molecular formula is C29H30F3N7O7S. The molecule has 3 heterocycles. The normalized spacial score (nSPS) is 22.3. The number of nitrogens with zero attached hydrogens (tertiary/aromatic N) is 4. The molecule has 0 spiro atoms. The third-order valence-corrected chi connectivity index (χ3v) is 10.1. The van der Waals surface area contributed by atoms with Crippen molar-refractivity contribution in [3.63, 3.8) is 0 Å². The number of pyridine rings is 1. The first-order valence-electron chi connectivity index (χ1n) is 14.4. The minimum atomic E-state index is -5.67. The second-order valence-electron chi connectivity index (χ2n) is 11.5. The number of hydrogen-bond acceptors (Lipinski definition) is 12. The maximum Gasteiger partial charge on any atom is 0.501 e. The van der Waals surface area contributed by atoms with Gasteiger partial charge in [0.15, 0.2) is 0 Å². The Hall–Kier alpha value is -4.55. The number of nitrogens with one attached hydrogen (secondary N) is 3. The van der Waals surface area contributed by atoms with E-state index in [9.17, 15) is 31.2 Å². The SMILES string of the molecule is COc1cc(C(=O)Nc2cccc(S(=O)(=O)C(F)(F)F)c2)c(NC(=O)c2c(NC34CC(N5CCOCC5)(C3)C4)ncnc2OC)cn1. The molecule has 14 nitrogen and oxygen atoms in total. The largest absolute Gasteiger partial charge is 0.501 e. The van der Waals surface area contributed by atoms with Gasteiger partial charge >= 0.3 is 5.51 Å². The Morgan fingerprint density at radius 1 is 0.979 bits per heavy atom. The predicted molar refractivity (Wildman–Crippen MR) is 160 cm³/mol. The quantitative estimate of drug-likeness (QED) is 0.287. The molecule has 3 saturated carbocycles. The highest BCUT2D eigenvalue weighted by atomic mass is 32.2. The zero-order valence-electron chi connectivity index (χ0n) is 25.2. The second-order valence-corrected chi connectivity index (χ2v) is 13.5. The van der Waals surface area contributed by atoms with Crippen LogP contribution in [0.25, 0.3) is 0 Å². The highest BCUT2D eigenvalue weighted by Gasteiger charge is 2.70. The summed E-state index contributed by atoms with van der Waals surface area (Å²) >= 11 is 0. The third kappa shape index (κ3) is 5.91. The second kappa shape index (κ2) is 11.9. The molecule has 1 aromatic carbocycles. The van der Waals surface area contributed by atoms with Crippen molar-refractivity contribution in [2.24, 2.45) is 0 Å². The van der Waals surface area contributed by atoms with E-state index >= 15 is 0 Å². The molecule has 0 atom stereocenters. The number of halogens is 3. The monoisotopic (exact) mass is 677 g/mol. The predicted octanol–water partition coefficient (Wildman–Crippen LogP) is 3.11. The van der Waals surface area contributed by atoms with Gasteiger partial charge in [0.1, 0.15) is 17.7 Å². The highest BCUT2D eigenvalue weighted by molar-refractivity contribution is 7.92. The van der Waals surface area contributed by atoms with Gasteiger partial charge in [-0.15, -0.1) is 0 Å². The first-order chi connectivity index (χ1) is 22.3. The Balaban J connectivity index is 1.23. The number of methoxy groups -OCH3 is 2. The van der Waals surface area contributed by atoms with Gasteiger partial charge in [0.05, 0.1) is 49.8 Å². The molecule has 2 amide bonds. The van der Waals surface area contributed by atoms with E-state index in [0.29, 0.717) is 19.3 Å². The standard InChI is InChI=1S/C29H30F3N7O7S/c1-44-21-11-19(24(40)36-17-4-3-5-18(10-17)47(42,43)29(30,31)32)20(12-33-21)37-25(41)22-23(34-16-35-26(22)45-2)38-27-13-28(14-27,15-27)39-6-8-46-9-7-39/h3-5,10-12,16H,6-9,13-15H2,1-2H3,(H,36,40)(H,37,41)(H,34,35,38). The van der Waals surface area contributed by atoms with Crippen LogP contribution >= 0.6 is 0 Å². The van der Waals surface area contributed by atoms with Crippen molar-refractivity contribution < 1.29 is 45.4 Å². The molecule has 2 aromatic heterocycles. The van der Waals surface area contributed by atoms with Crippen LogP contribution in [-0.4, -0.2) is 97.2 Å². The minimum absolute atomic E-state index is 0.0117. The van der Waals surface area contributed by atoms with Gasteiger partial charge in [-0.2, -0.15) is 13.2 Å². The summed E-state index contributed by atoms with van der Waals surface area (Å²) in [5, 5.41) is 8.41. The van der Waals surface area contributed by atoms with Crippen LogP contribution in [0.5, 0.6) is 11.8 Å². The van der Waals surface area contributed by atoms with Crippen molar-refractivity contribution >= 4 is 38.8 Å². The summed E-state index contributed by atoms with van der Waals surface area (Å²) in [6.45, 7) is 3.13. The number of amides is 2. The van der Waals surface area contributed by atoms with E-state index < -0.39 is 32.1 Å². The van der Waals surface area contributed by atoms with E-state index in [-0.39, 0.29) is 51.2 Å². The molecule has 47 heavy (non-hydrogen) atoms. The minimum Gasteiger partial charge on any atom is -0.481 e. The van der Waals surface area contributed by atoms with E-state index in [2.05, 4.69) is 35.8 Å². The lowest BCUT2D eigenvalue weighted by atomic mass is 9.43. The molecule has 0 radical (unpaired) electrons. The van der Waals surface area contributed by atoms with Crippen molar-refractivity contribution in [1.82, 2.24) is 19.9 Å². The molecule has 3 N–H and O–H groups in total. The number of anilines is 3. The smallest absolute Gasteiger partial charge is 0.481 e. The lowest BCUT2D eigenvalue weighted by Crippen LogP contribution is -2.82. The Morgan fingerprint density at radius 2 is 1.70 bits per heavy atom. The lowest BCUT2D eigenvalue weighted by molar-refractivity contribution is -0.172. The first-order valence-corrected chi connectivity index (χ1v) is 15.9. The van der Waals surface area contributed by atoms with Gasteiger partial charge in [0, 0.05) is 35.9 Å². The summed E-state index contributed by atoms with van der Waals surface area (Å²) in [7, 11) is -3.03. The number of aromatic nitrogens is 3. The van der Waals surface area contributed by atoms with Crippen molar-refractivity contribution in [2.75, 3.05) is 56.5 Å². The molecule has 250 valence electrons. The van der Waals surface area contributed by atoms with Crippen LogP contribution in [0.1, 0.15) is 40.0 Å². The number of morpholine rings is 1. The van der Waals surface area contributed by atoms with Crippen LogP contribution < -0.4 is 25.4 Å². The summed E-state index contributed by atoms with van der Waals surface area (Å²) in [6, 6.07) is 4.90. The summed E-state index contributed by atoms with van der Waals surface area (Å²) < 4.78 is 79.1. The van der Waals surface area contributed by atoms with Crippen LogP contribution in [0, 0.1) is 0 Å². The Morgan fingerprint density at radius 3 is 2.36 bits per heavy atom. The van der Waals surface area contributed by atoms with Crippen LogP contribution in [0.15, 0.2) is 47.8 Å². The van der Waals surface area contributed by atoms with Crippen molar-refractivity contribution in [3.05, 3.63) is 54.0 Å². The van der Waals surface area contributed by atoms with Gasteiger partial charge in [-0.1, -0.05) is 6.07 Å². The molecule has 1 saturated heterocycles. The van der Waals surface area contributed by atoms with Crippen LogP contribution in [0.2, 0.25) is 0 Å². The Bertz CT molecular complexity index is 1810. The van der Waals surface area contributed by atoms with Crippen molar-refractivity contribution in [2.45, 2.75) is 40.7 Å². The average Bonchev–Trinajstić information content (AvgIpc) is 3.01. The van der Waals surface area contributed by atoms with Gasteiger partial charge in [-0.05, 0) is 37.5 Å².